The lowest BCUT2D eigenvalue weighted by atomic mass is 9.86. The summed E-state index contributed by atoms with van der Waals surface area (Å²) in [7, 11) is 0. The smallest absolute Gasteiger partial charge is 0.223 e. The van der Waals surface area contributed by atoms with Crippen LogP contribution in [0.25, 0.3) is 0 Å². The Morgan fingerprint density at radius 2 is 1.70 bits per heavy atom. The van der Waals surface area contributed by atoms with Crippen molar-refractivity contribution in [1.82, 2.24) is 10.2 Å². The van der Waals surface area contributed by atoms with Gasteiger partial charge in [0, 0.05) is 19.0 Å². The third-order valence-corrected chi connectivity index (χ3v) is 5.05. The Balaban J connectivity index is 1.84. The quantitative estimate of drug-likeness (QED) is 0.839. The summed E-state index contributed by atoms with van der Waals surface area (Å²) in [6, 6.07) is 0.348. The fraction of sp³-hybridized carbons (Fsp3) is 0.941. The van der Waals surface area contributed by atoms with Gasteiger partial charge >= 0.3 is 0 Å². The van der Waals surface area contributed by atoms with E-state index in [-0.39, 0.29) is 0 Å². The van der Waals surface area contributed by atoms with Crippen molar-refractivity contribution in [1.29, 1.82) is 0 Å². The van der Waals surface area contributed by atoms with Crippen molar-refractivity contribution in [2.24, 2.45) is 11.8 Å². The Kier molecular flexibility index (Phi) is 6.34. The molecule has 116 valence electrons. The molecule has 1 aliphatic carbocycles. The summed E-state index contributed by atoms with van der Waals surface area (Å²) in [4.78, 5) is 14.8. The predicted octanol–water partition coefficient (Wildman–Crippen LogP) is 3.19. The minimum absolute atomic E-state index is 0.348. The molecule has 1 saturated carbocycles. The molecule has 2 aliphatic rings. The molecule has 3 nitrogen and oxygen atoms in total. The molecule has 0 spiro atoms. The highest BCUT2D eigenvalue weighted by Crippen LogP contribution is 2.27. The second-order valence-electron chi connectivity index (χ2n) is 7.04. The van der Waals surface area contributed by atoms with Crippen LogP contribution in [-0.2, 0) is 4.79 Å². The summed E-state index contributed by atoms with van der Waals surface area (Å²) in [5.74, 6) is 1.77. The second kappa shape index (κ2) is 8.02. The van der Waals surface area contributed by atoms with E-state index in [0.717, 1.165) is 26.1 Å². The maximum atomic E-state index is 12.6. The number of nitrogens with one attached hydrogen (secondary N) is 1. The first-order chi connectivity index (χ1) is 9.66. The van der Waals surface area contributed by atoms with Gasteiger partial charge in [-0.05, 0) is 64.5 Å². The Labute approximate surface area is 124 Å². The van der Waals surface area contributed by atoms with Crippen LogP contribution in [0.3, 0.4) is 0 Å². The topological polar surface area (TPSA) is 32.3 Å². The van der Waals surface area contributed by atoms with Gasteiger partial charge in [-0.3, -0.25) is 4.79 Å². The number of rotatable bonds is 5. The van der Waals surface area contributed by atoms with Crippen molar-refractivity contribution in [3.05, 3.63) is 0 Å². The Morgan fingerprint density at radius 1 is 1.05 bits per heavy atom. The largest absolute Gasteiger partial charge is 0.340 e. The third-order valence-electron chi connectivity index (χ3n) is 5.05. The highest BCUT2D eigenvalue weighted by atomic mass is 16.2. The first kappa shape index (κ1) is 15.8. The van der Waals surface area contributed by atoms with Gasteiger partial charge in [-0.15, -0.1) is 0 Å². The molecule has 0 aromatic carbocycles. The molecule has 2 fully saturated rings. The molecule has 0 radical (unpaired) electrons. The zero-order chi connectivity index (χ0) is 14.4. The standard InChI is InChI=1S/C17H32N2O/c1-14(2)19(13-16-8-10-18-11-9-16)17(20)12-15-6-4-3-5-7-15/h14-16,18H,3-13H2,1-2H3. The highest BCUT2D eigenvalue weighted by Gasteiger charge is 2.25. The molecule has 20 heavy (non-hydrogen) atoms. The molecule has 1 amide bonds. The number of amides is 1. The van der Waals surface area contributed by atoms with Gasteiger partial charge in [0.05, 0.1) is 0 Å². The van der Waals surface area contributed by atoms with Crippen LogP contribution in [0.5, 0.6) is 0 Å². The summed E-state index contributed by atoms with van der Waals surface area (Å²) < 4.78 is 0. The first-order valence-electron chi connectivity index (χ1n) is 8.67. The monoisotopic (exact) mass is 280 g/mol. The van der Waals surface area contributed by atoms with E-state index in [0.29, 0.717) is 23.8 Å². The van der Waals surface area contributed by atoms with Crippen LogP contribution in [0.15, 0.2) is 0 Å². The average Bonchev–Trinajstić information content (AvgIpc) is 2.46. The number of hydrogen-bond donors (Lipinski definition) is 1. The maximum absolute atomic E-state index is 12.6. The maximum Gasteiger partial charge on any atom is 0.223 e. The Morgan fingerprint density at radius 3 is 2.30 bits per heavy atom. The number of hydrogen-bond acceptors (Lipinski definition) is 2. The summed E-state index contributed by atoms with van der Waals surface area (Å²) in [6.07, 6.45) is 9.80. The normalized spacial score (nSPS) is 22.1. The SMILES string of the molecule is CC(C)N(CC1CCNCC1)C(=O)CC1CCCCC1. The van der Waals surface area contributed by atoms with Crippen LogP contribution in [0.1, 0.15) is 65.2 Å². The lowest BCUT2D eigenvalue weighted by Gasteiger charge is -2.34. The molecule has 0 aromatic rings. The molecule has 1 aliphatic heterocycles. The van der Waals surface area contributed by atoms with Crippen molar-refractivity contribution in [3.63, 3.8) is 0 Å². The minimum atomic E-state index is 0.348. The number of piperidine rings is 1. The van der Waals surface area contributed by atoms with Crippen LogP contribution in [0, 0.1) is 11.8 Å². The van der Waals surface area contributed by atoms with Gasteiger partial charge in [0.1, 0.15) is 0 Å². The zero-order valence-electron chi connectivity index (χ0n) is 13.4. The molecular formula is C17H32N2O. The second-order valence-corrected chi connectivity index (χ2v) is 7.04. The number of carbonyl (C=O) groups is 1. The van der Waals surface area contributed by atoms with Crippen LogP contribution in [-0.4, -0.2) is 36.5 Å². The van der Waals surface area contributed by atoms with Gasteiger partial charge in [-0.1, -0.05) is 19.3 Å². The van der Waals surface area contributed by atoms with Crippen molar-refractivity contribution in [2.75, 3.05) is 19.6 Å². The fourth-order valence-electron chi connectivity index (χ4n) is 3.70. The van der Waals surface area contributed by atoms with Crippen molar-refractivity contribution in [3.8, 4) is 0 Å². The lowest BCUT2D eigenvalue weighted by Crippen LogP contribution is -2.43. The van der Waals surface area contributed by atoms with Gasteiger partial charge in [0.2, 0.25) is 5.91 Å². The lowest BCUT2D eigenvalue weighted by molar-refractivity contribution is -0.135. The Hall–Kier alpha value is -0.570. The number of nitrogens with zero attached hydrogens (tertiary/aromatic N) is 1. The summed E-state index contributed by atoms with van der Waals surface area (Å²) >= 11 is 0. The first-order valence-corrected chi connectivity index (χ1v) is 8.67. The molecule has 1 saturated heterocycles. The molecule has 1 N–H and O–H groups in total. The Bertz CT molecular complexity index is 291. The summed E-state index contributed by atoms with van der Waals surface area (Å²) in [5, 5.41) is 3.41. The molecule has 0 aromatic heterocycles. The van der Waals surface area contributed by atoms with Crippen LogP contribution < -0.4 is 5.32 Å². The molecule has 2 rings (SSSR count). The molecule has 0 unspecified atom stereocenters. The minimum Gasteiger partial charge on any atom is -0.340 e. The van der Waals surface area contributed by atoms with Gasteiger partial charge < -0.3 is 10.2 Å². The van der Waals surface area contributed by atoms with Crippen LogP contribution >= 0.6 is 0 Å². The molecular weight excluding hydrogens is 248 g/mol. The zero-order valence-corrected chi connectivity index (χ0v) is 13.4. The van der Waals surface area contributed by atoms with Crippen molar-refractivity contribution < 1.29 is 4.79 Å². The van der Waals surface area contributed by atoms with E-state index < -0.39 is 0 Å². The van der Waals surface area contributed by atoms with Crippen LogP contribution in [0.4, 0.5) is 0 Å². The fourth-order valence-corrected chi connectivity index (χ4v) is 3.70. The molecule has 1 heterocycles. The van der Waals surface area contributed by atoms with E-state index in [1.807, 2.05) is 0 Å². The van der Waals surface area contributed by atoms with Gasteiger partial charge in [0.15, 0.2) is 0 Å². The third kappa shape index (κ3) is 4.76. The van der Waals surface area contributed by atoms with E-state index in [4.69, 9.17) is 0 Å². The van der Waals surface area contributed by atoms with E-state index in [9.17, 15) is 4.79 Å². The van der Waals surface area contributed by atoms with E-state index in [1.165, 1.54) is 44.9 Å². The number of carbonyl (C=O) groups excluding carboxylic acids is 1. The van der Waals surface area contributed by atoms with Gasteiger partial charge in [-0.25, -0.2) is 0 Å². The average molecular weight is 280 g/mol. The van der Waals surface area contributed by atoms with E-state index in [1.54, 1.807) is 0 Å². The molecule has 0 bridgehead atoms. The van der Waals surface area contributed by atoms with E-state index in [2.05, 4.69) is 24.1 Å². The van der Waals surface area contributed by atoms with Gasteiger partial charge in [-0.2, -0.15) is 0 Å². The van der Waals surface area contributed by atoms with Gasteiger partial charge in [0.25, 0.3) is 0 Å². The predicted molar refractivity (Wildman–Crippen MR) is 83.6 cm³/mol. The van der Waals surface area contributed by atoms with Crippen molar-refractivity contribution in [2.45, 2.75) is 71.3 Å². The summed E-state index contributed by atoms with van der Waals surface area (Å²) in [5.41, 5.74) is 0. The highest BCUT2D eigenvalue weighted by molar-refractivity contribution is 5.76. The van der Waals surface area contributed by atoms with Crippen LogP contribution in [0.2, 0.25) is 0 Å². The van der Waals surface area contributed by atoms with E-state index >= 15 is 0 Å². The molecule has 0 atom stereocenters. The van der Waals surface area contributed by atoms with Crippen molar-refractivity contribution >= 4 is 5.91 Å². The summed E-state index contributed by atoms with van der Waals surface area (Å²) in [6.45, 7) is 7.55. The molecule has 3 heteroatoms.